The third-order valence-electron chi connectivity index (χ3n) is 4.32. The van der Waals surface area contributed by atoms with Crippen molar-refractivity contribution in [2.75, 3.05) is 26.2 Å². The first-order valence-corrected chi connectivity index (χ1v) is 7.32. The minimum atomic E-state index is -0.257. The number of esters is 1. The lowest BCUT2D eigenvalue weighted by Gasteiger charge is -2.43. The molecule has 3 aliphatic rings. The number of hydrogen-bond acceptors (Lipinski definition) is 4. The van der Waals surface area contributed by atoms with E-state index in [0.717, 1.165) is 43.8 Å². The van der Waals surface area contributed by atoms with Gasteiger partial charge in [0.25, 0.3) is 0 Å². The summed E-state index contributed by atoms with van der Waals surface area (Å²) >= 11 is 0. The molecular formula is C16H21NO3. The first-order valence-electron chi connectivity index (χ1n) is 7.32. The summed E-state index contributed by atoms with van der Waals surface area (Å²) in [5.41, 5.74) is 1.03. The third kappa shape index (κ3) is 2.96. The minimum absolute atomic E-state index is 0.00588. The summed E-state index contributed by atoms with van der Waals surface area (Å²) in [7, 11) is 0. The molecule has 4 heteroatoms. The second-order valence-electron chi connectivity index (χ2n) is 5.72. The average Bonchev–Trinajstić information content (AvgIpc) is 2.48. The molecule has 0 saturated carbocycles. The maximum absolute atomic E-state index is 11.9. The second kappa shape index (κ2) is 5.83. The Hall–Kier alpha value is -1.55. The number of carbonyl (C=O) groups is 1. The number of carbonyl (C=O) groups excluding carboxylic acids is 1. The topological polar surface area (TPSA) is 38.8 Å². The van der Waals surface area contributed by atoms with Gasteiger partial charge in [0, 0.05) is 6.54 Å². The van der Waals surface area contributed by atoms with Crippen LogP contribution in [-0.2, 0) is 9.53 Å². The van der Waals surface area contributed by atoms with E-state index in [1.807, 2.05) is 31.2 Å². The standard InChI is InChI=1S/C16H21NO3/c1-12-4-2-3-5-14(12)19-11-16(18)20-15-10-17-8-6-13(15)7-9-17/h2-5,13,15H,6-11H2,1H3. The molecule has 1 atom stereocenters. The molecule has 2 bridgehead atoms. The summed E-state index contributed by atoms with van der Waals surface area (Å²) in [4.78, 5) is 14.3. The smallest absolute Gasteiger partial charge is 0.344 e. The van der Waals surface area contributed by atoms with Gasteiger partial charge in [0.1, 0.15) is 11.9 Å². The zero-order valence-corrected chi connectivity index (χ0v) is 11.9. The number of rotatable bonds is 4. The summed E-state index contributed by atoms with van der Waals surface area (Å²) in [6.45, 7) is 5.15. The molecule has 108 valence electrons. The van der Waals surface area contributed by atoms with Crippen molar-refractivity contribution in [1.82, 2.24) is 4.90 Å². The molecule has 0 aromatic heterocycles. The zero-order valence-electron chi connectivity index (χ0n) is 11.9. The number of aryl methyl sites for hydroxylation is 1. The molecule has 0 amide bonds. The third-order valence-corrected chi connectivity index (χ3v) is 4.32. The number of fused-ring (bicyclic) bond motifs is 3. The van der Waals surface area contributed by atoms with Crippen LogP contribution < -0.4 is 4.74 Å². The fraction of sp³-hybridized carbons (Fsp3) is 0.562. The van der Waals surface area contributed by atoms with Crippen molar-refractivity contribution in [2.45, 2.75) is 25.9 Å². The van der Waals surface area contributed by atoms with Crippen molar-refractivity contribution in [3.8, 4) is 5.75 Å². The second-order valence-corrected chi connectivity index (χ2v) is 5.72. The molecule has 1 unspecified atom stereocenters. The molecule has 0 radical (unpaired) electrons. The van der Waals surface area contributed by atoms with Gasteiger partial charge in [-0.1, -0.05) is 18.2 Å². The van der Waals surface area contributed by atoms with Crippen molar-refractivity contribution in [1.29, 1.82) is 0 Å². The van der Waals surface area contributed by atoms with Gasteiger partial charge in [-0.2, -0.15) is 0 Å². The van der Waals surface area contributed by atoms with Gasteiger partial charge in [0.15, 0.2) is 6.61 Å². The number of para-hydroxylation sites is 1. The normalized spacial score (nSPS) is 28.1. The molecule has 0 N–H and O–H groups in total. The van der Waals surface area contributed by atoms with Crippen LogP contribution in [0.2, 0.25) is 0 Å². The lowest BCUT2D eigenvalue weighted by molar-refractivity contribution is -0.161. The molecule has 1 aromatic rings. The summed E-state index contributed by atoms with van der Waals surface area (Å²) in [5.74, 6) is 1.03. The highest BCUT2D eigenvalue weighted by Gasteiger charge is 2.36. The van der Waals surface area contributed by atoms with Crippen LogP contribution in [0.5, 0.6) is 5.75 Å². The lowest BCUT2D eigenvalue weighted by Crippen LogP contribution is -2.52. The van der Waals surface area contributed by atoms with E-state index in [1.165, 1.54) is 0 Å². The Morgan fingerprint density at radius 1 is 1.30 bits per heavy atom. The Kier molecular flexibility index (Phi) is 3.92. The molecule has 1 aromatic carbocycles. The van der Waals surface area contributed by atoms with E-state index in [4.69, 9.17) is 9.47 Å². The molecule has 20 heavy (non-hydrogen) atoms. The summed E-state index contributed by atoms with van der Waals surface area (Å²) in [6, 6.07) is 7.69. The van der Waals surface area contributed by atoms with Crippen molar-refractivity contribution >= 4 is 5.97 Å². The van der Waals surface area contributed by atoms with Crippen molar-refractivity contribution in [2.24, 2.45) is 5.92 Å². The number of nitrogens with zero attached hydrogens (tertiary/aromatic N) is 1. The molecule has 3 saturated heterocycles. The molecule has 4 nitrogen and oxygen atoms in total. The average molecular weight is 275 g/mol. The van der Waals surface area contributed by atoms with Crippen molar-refractivity contribution in [3.05, 3.63) is 29.8 Å². The minimum Gasteiger partial charge on any atom is -0.482 e. The Balaban J connectivity index is 1.49. The Labute approximate surface area is 119 Å². The van der Waals surface area contributed by atoms with E-state index < -0.39 is 0 Å². The van der Waals surface area contributed by atoms with Gasteiger partial charge in [-0.3, -0.25) is 4.90 Å². The van der Waals surface area contributed by atoms with E-state index in [1.54, 1.807) is 0 Å². The highest BCUT2D eigenvalue weighted by Crippen LogP contribution is 2.29. The van der Waals surface area contributed by atoms with E-state index in [2.05, 4.69) is 4.90 Å². The maximum atomic E-state index is 11.9. The van der Waals surface area contributed by atoms with Crippen LogP contribution >= 0.6 is 0 Å². The predicted molar refractivity (Wildman–Crippen MR) is 75.7 cm³/mol. The van der Waals surface area contributed by atoms with E-state index >= 15 is 0 Å². The van der Waals surface area contributed by atoms with Crippen LogP contribution in [-0.4, -0.2) is 43.2 Å². The summed E-state index contributed by atoms with van der Waals surface area (Å²) < 4.78 is 11.1. The van der Waals surface area contributed by atoms with Gasteiger partial charge in [0.05, 0.1) is 0 Å². The number of piperidine rings is 3. The van der Waals surface area contributed by atoms with Gasteiger partial charge >= 0.3 is 5.97 Å². The van der Waals surface area contributed by atoms with Crippen LogP contribution in [0.4, 0.5) is 0 Å². The van der Waals surface area contributed by atoms with Gasteiger partial charge in [-0.05, 0) is 50.4 Å². The van der Waals surface area contributed by atoms with Gasteiger partial charge in [0.2, 0.25) is 0 Å². The largest absolute Gasteiger partial charge is 0.482 e. The lowest BCUT2D eigenvalue weighted by atomic mass is 9.86. The molecule has 3 aliphatic heterocycles. The van der Waals surface area contributed by atoms with Gasteiger partial charge < -0.3 is 9.47 Å². The Morgan fingerprint density at radius 3 is 2.70 bits per heavy atom. The number of hydrogen-bond donors (Lipinski definition) is 0. The van der Waals surface area contributed by atoms with Crippen molar-refractivity contribution in [3.63, 3.8) is 0 Å². The van der Waals surface area contributed by atoms with Gasteiger partial charge in [-0.15, -0.1) is 0 Å². The predicted octanol–water partition coefficient (Wildman–Crippen LogP) is 2.01. The van der Waals surface area contributed by atoms with E-state index in [0.29, 0.717) is 5.92 Å². The van der Waals surface area contributed by atoms with Gasteiger partial charge in [-0.25, -0.2) is 4.79 Å². The molecular weight excluding hydrogens is 254 g/mol. The highest BCUT2D eigenvalue weighted by atomic mass is 16.6. The number of ether oxygens (including phenoxy) is 2. The fourth-order valence-corrected chi connectivity index (χ4v) is 3.10. The van der Waals surface area contributed by atoms with E-state index in [9.17, 15) is 4.79 Å². The van der Waals surface area contributed by atoms with Crippen molar-refractivity contribution < 1.29 is 14.3 Å². The Bertz CT molecular complexity index is 480. The molecule has 0 aliphatic carbocycles. The molecule has 0 spiro atoms. The quantitative estimate of drug-likeness (QED) is 0.788. The van der Waals surface area contributed by atoms with Crippen LogP contribution in [0.1, 0.15) is 18.4 Å². The van der Waals surface area contributed by atoms with Crippen LogP contribution in [0.15, 0.2) is 24.3 Å². The molecule has 3 fully saturated rings. The molecule has 4 rings (SSSR count). The maximum Gasteiger partial charge on any atom is 0.344 e. The zero-order chi connectivity index (χ0) is 13.9. The monoisotopic (exact) mass is 275 g/mol. The first kappa shape index (κ1) is 13.4. The van der Waals surface area contributed by atoms with Crippen LogP contribution in [0.3, 0.4) is 0 Å². The SMILES string of the molecule is Cc1ccccc1OCC(=O)OC1CN2CCC1CC2. The summed E-state index contributed by atoms with van der Waals surface area (Å²) in [6.07, 6.45) is 2.36. The first-order chi connectivity index (χ1) is 9.72. The fourth-order valence-electron chi connectivity index (χ4n) is 3.10. The van der Waals surface area contributed by atoms with Crippen LogP contribution in [0, 0.1) is 12.8 Å². The summed E-state index contributed by atoms with van der Waals surface area (Å²) in [5, 5.41) is 0. The number of benzene rings is 1. The van der Waals surface area contributed by atoms with E-state index in [-0.39, 0.29) is 18.7 Å². The molecule has 3 heterocycles. The van der Waals surface area contributed by atoms with Crippen LogP contribution in [0.25, 0.3) is 0 Å². The highest BCUT2D eigenvalue weighted by molar-refractivity contribution is 5.71. The Morgan fingerprint density at radius 2 is 2.05 bits per heavy atom.